The van der Waals surface area contributed by atoms with Crippen molar-refractivity contribution in [1.29, 1.82) is 0 Å². The van der Waals surface area contributed by atoms with Crippen LogP contribution in [0.25, 0.3) is 0 Å². The largest absolute Gasteiger partial charge is 0.370 e. The van der Waals surface area contributed by atoms with E-state index >= 15 is 0 Å². The lowest BCUT2D eigenvalue weighted by molar-refractivity contribution is -0.133. The number of unbranched alkanes of at least 4 members (excludes halogenated alkanes) is 1. The predicted molar refractivity (Wildman–Crippen MR) is 167 cm³/mol. The zero-order valence-electron chi connectivity index (χ0n) is 30.2. The Labute approximate surface area is 261 Å². The summed E-state index contributed by atoms with van der Waals surface area (Å²) in [7, 11) is 0. The molecule has 234 valence electrons. The normalized spacial score (nSPS) is 16.3. The molecule has 0 aliphatic carbocycles. The topological polar surface area (TPSA) is 235 Å². The van der Waals surface area contributed by atoms with E-state index in [9.17, 15) is 19.2 Å². The van der Waals surface area contributed by atoms with Crippen molar-refractivity contribution in [3.8, 4) is 0 Å². The summed E-state index contributed by atoms with van der Waals surface area (Å²) in [6, 6.07) is 1.36. The maximum Gasteiger partial charge on any atom is 0.239 e. The quantitative estimate of drug-likeness (QED) is 0.0619. The second-order valence-corrected chi connectivity index (χ2v) is 10.1. The van der Waals surface area contributed by atoms with E-state index in [1.807, 2.05) is 6.07 Å². The molecule has 0 bridgehead atoms. The number of benzene rings is 2. The van der Waals surface area contributed by atoms with Gasteiger partial charge in [0.05, 0.1) is 20.3 Å². The second kappa shape index (κ2) is 19.0. The molecule has 12 N–H and O–H groups in total. The molecule has 0 aromatic heterocycles. The first-order valence-corrected chi connectivity index (χ1v) is 14.1. The maximum absolute atomic E-state index is 13.9. The van der Waals surface area contributed by atoms with Gasteiger partial charge in [0.15, 0.2) is 11.7 Å². The Hall–Kier alpha value is -4.29. The summed E-state index contributed by atoms with van der Waals surface area (Å²) >= 11 is 0. The Morgan fingerprint density at radius 3 is 2.19 bits per heavy atom. The maximum atomic E-state index is 13.9. The van der Waals surface area contributed by atoms with Gasteiger partial charge in [-0.3, -0.25) is 24.2 Å². The molecule has 0 unspecified atom stereocenters. The summed E-state index contributed by atoms with van der Waals surface area (Å²) in [6.45, 7) is 0.383. The van der Waals surface area contributed by atoms with Gasteiger partial charge in [0.2, 0.25) is 17.7 Å². The van der Waals surface area contributed by atoms with E-state index in [0.717, 1.165) is 5.56 Å². The molecule has 0 fully saturated rings. The van der Waals surface area contributed by atoms with E-state index in [2.05, 4.69) is 15.6 Å². The number of carbonyl (C=O) groups is 4. The van der Waals surface area contributed by atoms with Crippen LogP contribution < -0.4 is 39.3 Å². The number of carbonyl (C=O) groups excluding carboxylic acids is 4. The van der Waals surface area contributed by atoms with Crippen molar-refractivity contribution in [2.24, 2.45) is 39.6 Å². The molecule has 2 rings (SSSR count). The van der Waals surface area contributed by atoms with Gasteiger partial charge in [0.1, 0.15) is 6.02 Å². The van der Waals surface area contributed by atoms with Crippen molar-refractivity contribution in [1.82, 2.24) is 10.6 Å². The number of nitrogens with two attached hydrogens (primary N) is 5. The average Bonchev–Trinajstić information content (AvgIpc) is 3.05. The molecule has 12 heteroatoms. The van der Waals surface area contributed by atoms with Crippen LogP contribution in [0.5, 0.6) is 0 Å². The molecule has 0 aliphatic rings. The van der Waals surface area contributed by atoms with E-state index in [1.54, 1.807) is 24.3 Å². The van der Waals surface area contributed by atoms with Crippen LogP contribution >= 0.6 is 0 Å². The highest BCUT2D eigenvalue weighted by Gasteiger charge is 2.30. The lowest BCUT2D eigenvalue weighted by Crippen LogP contribution is -2.51. The van der Waals surface area contributed by atoms with Gasteiger partial charge in [-0.15, -0.1) is 0 Å². The molecule has 12 nitrogen and oxygen atoms in total. The smallest absolute Gasteiger partial charge is 0.239 e. The summed E-state index contributed by atoms with van der Waals surface area (Å²) in [5, 5.41) is 4.95. The Balaban J connectivity index is 2.47. The molecule has 0 heterocycles. The van der Waals surface area contributed by atoms with Crippen LogP contribution in [0.4, 0.5) is 0 Å². The van der Waals surface area contributed by atoms with Gasteiger partial charge < -0.3 is 39.3 Å². The summed E-state index contributed by atoms with van der Waals surface area (Å²) in [5.41, 5.74) is 28.5. The molecule has 0 spiro atoms. The van der Waals surface area contributed by atoms with Crippen molar-refractivity contribution in [2.45, 2.75) is 69.5 Å². The molecule has 2 aromatic rings. The molecule has 0 saturated heterocycles. The summed E-state index contributed by atoms with van der Waals surface area (Å²) in [5.74, 6) is -5.09. The van der Waals surface area contributed by atoms with Gasteiger partial charge in [-0.05, 0) is 62.6 Å². The lowest BCUT2D eigenvalue weighted by atomic mass is 9.89. The van der Waals surface area contributed by atoms with E-state index < -0.39 is 90.6 Å². The minimum Gasteiger partial charge on any atom is -0.370 e. The number of amides is 3. The third kappa shape index (κ3) is 13.5. The van der Waals surface area contributed by atoms with Crippen LogP contribution in [0.3, 0.4) is 0 Å². The van der Waals surface area contributed by atoms with Crippen LogP contribution in [0, 0.1) is 5.92 Å². The highest BCUT2D eigenvalue weighted by molar-refractivity contribution is 5.94. The van der Waals surface area contributed by atoms with Crippen molar-refractivity contribution >= 4 is 29.5 Å². The van der Waals surface area contributed by atoms with Crippen molar-refractivity contribution < 1.29 is 27.4 Å². The number of hydrogen-bond acceptors (Lipinski definition) is 7. The average molecular weight is 601 g/mol. The van der Waals surface area contributed by atoms with E-state index in [1.165, 1.54) is 0 Å². The van der Waals surface area contributed by atoms with Crippen LogP contribution in [-0.4, -0.2) is 60.7 Å². The van der Waals surface area contributed by atoms with E-state index in [0.29, 0.717) is 6.42 Å². The molecule has 0 aliphatic heterocycles. The fourth-order valence-corrected chi connectivity index (χ4v) is 4.27. The highest BCUT2D eigenvalue weighted by atomic mass is 16.2. The van der Waals surface area contributed by atoms with Gasteiger partial charge in [0.25, 0.3) is 0 Å². The molecule has 0 radical (unpaired) electrons. The highest BCUT2D eigenvalue weighted by Crippen LogP contribution is 2.17. The molecule has 3 amide bonds. The molecular formula is C31H46N8O4. The van der Waals surface area contributed by atoms with Crippen LogP contribution in [0.15, 0.2) is 65.5 Å². The number of rotatable bonds is 20. The fraction of sp³-hybridized carbons (Fsp3) is 0.452. The number of nitrogens with zero attached hydrogens (tertiary/aromatic N) is 1. The Morgan fingerprint density at radius 2 is 1.56 bits per heavy atom. The van der Waals surface area contributed by atoms with Gasteiger partial charge in [-0.1, -0.05) is 60.5 Å². The predicted octanol–water partition coefficient (Wildman–Crippen LogP) is 0.0120. The van der Waals surface area contributed by atoms with Crippen LogP contribution in [0.2, 0.25) is 0 Å². The first-order valence-electron chi connectivity index (χ1n) is 17.1. The number of primary amides is 1. The van der Waals surface area contributed by atoms with Crippen LogP contribution in [0.1, 0.15) is 57.9 Å². The zero-order valence-corrected chi connectivity index (χ0v) is 24.2. The molecule has 2 aromatic carbocycles. The lowest BCUT2D eigenvalue weighted by Gasteiger charge is -2.24. The number of Topliss-reactive ketones (excluding diaryl/α,β-unsaturated/α-hetero) is 1. The minimum absolute atomic E-state index is 0.0329. The number of ketones is 1. The van der Waals surface area contributed by atoms with Crippen molar-refractivity contribution in [3.63, 3.8) is 0 Å². The fourth-order valence-electron chi connectivity index (χ4n) is 4.27. The Bertz CT molecular complexity index is 1480. The van der Waals surface area contributed by atoms with Gasteiger partial charge in [-0.25, -0.2) is 0 Å². The summed E-state index contributed by atoms with van der Waals surface area (Å²) in [6.07, 6.45) is -0.203. The monoisotopic (exact) mass is 600 g/mol. The summed E-state index contributed by atoms with van der Waals surface area (Å²) in [4.78, 5) is 57.0. The van der Waals surface area contributed by atoms with E-state index in [4.69, 9.17) is 36.9 Å². The van der Waals surface area contributed by atoms with Crippen molar-refractivity contribution in [3.05, 3.63) is 71.7 Å². The second-order valence-electron chi connectivity index (χ2n) is 10.1. The number of nitrogens with one attached hydrogen (secondary N) is 2. The molecular weight excluding hydrogens is 548 g/mol. The Morgan fingerprint density at radius 1 is 0.860 bits per heavy atom. The minimum atomic E-state index is -2.29. The van der Waals surface area contributed by atoms with Gasteiger partial charge >= 0.3 is 0 Å². The zero-order chi connectivity index (χ0) is 36.9. The first-order chi connectivity index (χ1) is 23.0. The number of hydrogen-bond donors (Lipinski definition) is 7. The SMILES string of the molecule is [2H]c1c([2H])c([2H])c(C[C@H](CC(=O)[C@@H](CCCN=C(N)N)NC(=O)[C@@H](N)Cc2ccccc2)C(=O)N[C@@]([2H])(CCCCN)C(N)=O)c([2H])c1[2H]. The first kappa shape index (κ1) is 26.3. The third-order valence-electron chi connectivity index (χ3n) is 6.56. The Kier molecular flexibility index (Phi) is 11.6. The van der Waals surface area contributed by atoms with Gasteiger partial charge in [-0.2, -0.15) is 0 Å². The van der Waals surface area contributed by atoms with Crippen LogP contribution in [-0.2, 0) is 32.0 Å². The summed E-state index contributed by atoms with van der Waals surface area (Å²) < 4.78 is 49.3. The van der Waals surface area contributed by atoms with E-state index in [-0.39, 0.29) is 56.7 Å². The standard InChI is InChI=1S/C31H46N8O4/c32-16-8-7-14-26(28(34)41)39-29(42)23(18-21-10-3-1-4-11-21)20-27(40)25(15-9-17-37-31(35)36)38-30(43)24(33)19-22-12-5-2-6-13-22/h1-6,10-13,23-26H,7-9,14-20,32-33H2,(H2,34,41)(H,38,43)(H,39,42)(H4,35,36,37)/t23-,24+,25-,26+/m1/s1/i1D,3D,4D,10D,11D,26D. The van der Waals surface area contributed by atoms with Crippen molar-refractivity contribution in [2.75, 3.05) is 13.1 Å². The third-order valence-corrected chi connectivity index (χ3v) is 6.56. The van der Waals surface area contributed by atoms with Gasteiger partial charge in [0, 0.05) is 18.9 Å². The molecule has 0 saturated carbocycles. The molecule has 43 heavy (non-hydrogen) atoms. The molecule has 4 atom stereocenters. The number of aliphatic imine (C=N–C) groups is 1. The number of guanidine groups is 1.